The van der Waals surface area contributed by atoms with Crippen LogP contribution in [0.15, 0.2) is 36.5 Å². The highest BCUT2D eigenvalue weighted by molar-refractivity contribution is 6.04. The molecule has 5 nitrogen and oxygen atoms in total. The minimum absolute atomic E-state index is 0.236. The molecule has 0 unspecified atom stereocenters. The van der Waals surface area contributed by atoms with Crippen LogP contribution >= 0.6 is 0 Å². The first-order chi connectivity index (χ1) is 10.6. The minimum atomic E-state index is -0.236. The Kier molecular flexibility index (Phi) is 5.36. The maximum absolute atomic E-state index is 12.3. The number of ether oxygens (including phenoxy) is 2. The van der Waals surface area contributed by atoms with Gasteiger partial charge in [0.05, 0.1) is 13.2 Å². The van der Waals surface area contributed by atoms with Gasteiger partial charge in [0, 0.05) is 11.8 Å². The van der Waals surface area contributed by atoms with Crippen molar-refractivity contribution < 1.29 is 14.3 Å². The van der Waals surface area contributed by atoms with Crippen LogP contribution in [0.1, 0.15) is 29.8 Å². The molecule has 5 heteroatoms. The van der Waals surface area contributed by atoms with Crippen LogP contribution in [0.25, 0.3) is 0 Å². The van der Waals surface area contributed by atoms with Crippen LogP contribution in [0.5, 0.6) is 11.5 Å². The van der Waals surface area contributed by atoms with Crippen LogP contribution in [0, 0.1) is 6.92 Å². The van der Waals surface area contributed by atoms with E-state index >= 15 is 0 Å². The Morgan fingerprint density at radius 3 is 2.45 bits per heavy atom. The predicted molar refractivity (Wildman–Crippen MR) is 85.7 cm³/mol. The van der Waals surface area contributed by atoms with Gasteiger partial charge in [0.2, 0.25) is 0 Å². The molecule has 0 aliphatic carbocycles. The zero-order chi connectivity index (χ0) is 15.9. The summed E-state index contributed by atoms with van der Waals surface area (Å²) >= 11 is 0. The summed E-state index contributed by atoms with van der Waals surface area (Å²) in [5.41, 5.74) is 1.53. The van der Waals surface area contributed by atoms with Crippen molar-refractivity contribution in [3.8, 4) is 11.5 Å². The second-order valence-electron chi connectivity index (χ2n) is 4.70. The zero-order valence-electron chi connectivity index (χ0n) is 13.1. The van der Waals surface area contributed by atoms with Crippen LogP contribution in [0.3, 0.4) is 0 Å². The van der Waals surface area contributed by atoms with E-state index in [1.165, 1.54) is 0 Å². The summed E-state index contributed by atoms with van der Waals surface area (Å²) in [6, 6.07) is 8.79. The number of aromatic nitrogens is 1. The highest BCUT2D eigenvalue weighted by Gasteiger charge is 2.12. The molecule has 1 heterocycles. The van der Waals surface area contributed by atoms with Gasteiger partial charge in [-0.1, -0.05) is 6.07 Å². The van der Waals surface area contributed by atoms with Crippen molar-refractivity contribution in [3.05, 3.63) is 47.7 Å². The number of carbonyl (C=O) groups excluding carboxylic acids is 1. The van der Waals surface area contributed by atoms with E-state index in [4.69, 9.17) is 9.47 Å². The molecular formula is C17H20N2O3. The summed E-state index contributed by atoms with van der Waals surface area (Å²) in [5.74, 6) is 1.48. The Hall–Kier alpha value is -2.56. The Balaban J connectivity index is 2.18. The first-order valence-electron chi connectivity index (χ1n) is 7.27. The number of hydrogen-bond donors (Lipinski definition) is 1. The van der Waals surface area contributed by atoms with Gasteiger partial charge in [-0.05, 0) is 50.6 Å². The van der Waals surface area contributed by atoms with Crippen LogP contribution in [0.2, 0.25) is 0 Å². The minimum Gasteiger partial charge on any atom is -0.490 e. The molecule has 0 saturated heterocycles. The summed E-state index contributed by atoms with van der Waals surface area (Å²) in [4.78, 5) is 16.4. The molecule has 116 valence electrons. The van der Waals surface area contributed by atoms with Gasteiger partial charge in [0.1, 0.15) is 5.82 Å². The van der Waals surface area contributed by atoms with Crippen molar-refractivity contribution in [2.24, 2.45) is 0 Å². The third-order valence-corrected chi connectivity index (χ3v) is 2.96. The molecule has 1 aromatic carbocycles. The van der Waals surface area contributed by atoms with Crippen molar-refractivity contribution in [3.63, 3.8) is 0 Å². The topological polar surface area (TPSA) is 60.5 Å². The van der Waals surface area contributed by atoms with Gasteiger partial charge in [0.15, 0.2) is 11.5 Å². The van der Waals surface area contributed by atoms with Crippen LogP contribution in [-0.4, -0.2) is 24.1 Å². The quantitative estimate of drug-likeness (QED) is 0.887. The van der Waals surface area contributed by atoms with Gasteiger partial charge in [-0.3, -0.25) is 4.79 Å². The van der Waals surface area contributed by atoms with Gasteiger partial charge < -0.3 is 14.8 Å². The highest BCUT2D eigenvalue weighted by Crippen LogP contribution is 2.28. The Labute approximate surface area is 130 Å². The standard InChI is InChI=1S/C17H20N2O3/c1-4-21-14-8-7-13(10-15(14)22-5-2)17(20)19-16-9-6-12(3)11-18-16/h6-11H,4-5H2,1-3H3,(H,18,19,20). The molecule has 0 saturated carbocycles. The van der Waals surface area contributed by atoms with Gasteiger partial charge in [-0.2, -0.15) is 0 Å². The number of carbonyl (C=O) groups is 1. The summed E-state index contributed by atoms with van der Waals surface area (Å²) < 4.78 is 11.0. The fourth-order valence-electron chi connectivity index (χ4n) is 1.92. The van der Waals surface area contributed by atoms with Crippen molar-refractivity contribution in [2.75, 3.05) is 18.5 Å². The van der Waals surface area contributed by atoms with Crippen LogP contribution in [0.4, 0.5) is 5.82 Å². The number of pyridine rings is 1. The first kappa shape index (κ1) is 15.8. The van der Waals surface area contributed by atoms with Crippen molar-refractivity contribution >= 4 is 11.7 Å². The Morgan fingerprint density at radius 2 is 1.82 bits per heavy atom. The molecule has 0 bridgehead atoms. The number of rotatable bonds is 6. The van der Waals surface area contributed by atoms with E-state index < -0.39 is 0 Å². The summed E-state index contributed by atoms with van der Waals surface area (Å²) in [5, 5.41) is 2.76. The van der Waals surface area contributed by atoms with Gasteiger partial charge in [-0.15, -0.1) is 0 Å². The summed E-state index contributed by atoms with van der Waals surface area (Å²) in [6.45, 7) is 6.78. The number of aryl methyl sites for hydroxylation is 1. The lowest BCUT2D eigenvalue weighted by molar-refractivity contribution is 0.102. The molecule has 0 aliphatic rings. The van der Waals surface area contributed by atoms with Gasteiger partial charge in [0.25, 0.3) is 5.91 Å². The highest BCUT2D eigenvalue weighted by atomic mass is 16.5. The molecule has 1 N–H and O–H groups in total. The predicted octanol–water partition coefficient (Wildman–Crippen LogP) is 3.44. The third kappa shape index (κ3) is 3.97. The average Bonchev–Trinajstić information content (AvgIpc) is 2.51. The number of amides is 1. The summed E-state index contributed by atoms with van der Waals surface area (Å²) in [7, 11) is 0. The third-order valence-electron chi connectivity index (χ3n) is 2.96. The maximum Gasteiger partial charge on any atom is 0.256 e. The molecule has 0 atom stereocenters. The fraction of sp³-hybridized carbons (Fsp3) is 0.294. The van der Waals surface area contributed by atoms with E-state index in [0.717, 1.165) is 5.56 Å². The van der Waals surface area contributed by atoms with Gasteiger partial charge >= 0.3 is 0 Å². The number of benzene rings is 1. The Bertz CT molecular complexity index is 639. The molecule has 0 spiro atoms. The summed E-state index contributed by atoms with van der Waals surface area (Å²) in [6.07, 6.45) is 1.71. The van der Waals surface area contributed by atoms with Crippen LogP contribution < -0.4 is 14.8 Å². The van der Waals surface area contributed by atoms with E-state index in [-0.39, 0.29) is 5.91 Å². The molecule has 0 aliphatic heterocycles. The largest absolute Gasteiger partial charge is 0.490 e. The van der Waals surface area contributed by atoms with E-state index in [9.17, 15) is 4.79 Å². The molecule has 2 aromatic rings. The molecule has 0 fully saturated rings. The number of nitrogens with one attached hydrogen (secondary N) is 1. The molecule has 22 heavy (non-hydrogen) atoms. The number of anilines is 1. The van der Waals surface area contributed by atoms with E-state index in [1.54, 1.807) is 30.5 Å². The number of nitrogens with zero attached hydrogens (tertiary/aromatic N) is 1. The van der Waals surface area contributed by atoms with Crippen molar-refractivity contribution in [1.82, 2.24) is 4.98 Å². The molecule has 1 amide bonds. The lowest BCUT2D eigenvalue weighted by atomic mass is 10.2. The lowest BCUT2D eigenvalue weighted by Crippen LogP contribution is -2.13. The smallest absolute Gasteiger partial charge is 0.256 e. The molecular weight excluding hydrogens is 280 g/mol. The van der Waals surface area contributed by atoms with Crippen molar-refractivity contribution in [1.29, 1.82) is 0 Å². The number of hydrogen-bond acceptors (Lipinski definition) is 4. The first-order valence-corrected chi connectivity index (χ1v) is 7.27. The molecule has 0 radical (unpaired) electrons. The molecule has 2 rings (SSSR count). The van der Waals surface area contributed by atoms with E-state index in [2.05, 4.69) is 10.3 Å². The molecule has 1 aromatic heterocycles. The van der Waals surface area contributed by atoms with Gasteiger partial charge in [-0.25, -0.2) is 4.98 Å². The Morgan fingerprint density at radius 1 is 1.09 bits per heavy atom. The van der Waals surface area contributed by atoms with Crippen LogP contribution in [-0.2, 0) is 0 Å². The maximum atomic E-state index is 12.3. The fourth-order valence-corrected chi connectivity index (χ4v) is 1.92. The van der Waals surface area contributed by atoms with E-state index in [0.29, 0.717) is 36.1 Å². The van der Waals surface area contributed by atoms with Crippen molar-refractivity contribution in [2.45, 2.75) is 20.8 Å². The lowest BCUT2D eigenvalue weighted by Gasteiger charge is -2.12. The second-order valence-corrected chi connectivity index (χ2v) is 4.70. The van der Waals surface area contributed by atoms with E-state index in [1.807, 2.05) is 26.8 Å². The normalized spacial score (nSPS) is 10.1. The second kappa shape index (κ2) is 7.45. The zero-order valence-corrected chi connectivity index (χ0v) is 13.1. The average molecular weight is 300 g/mol. The SMILES string of the molecule is CCOc1ccc(C(=O)Nc2ccc(C)cn2)cc1OCC. The monoisotopic (exact) mass is 300 g/mol.